The molecule has 0 saturated heterocycles. The van der Waals surface area contributed by atoms with Crippen LogP contribution in [-0.4, -0.2) is 24.0 Å². The van der Waals surface area contributed by atoms with Crippen LogP contribution in [0.3, 0.4) is 0 Å². The Morgan fingerprint density at radius 3 is 2.79 bits per heavy atom. The Balaban J connectivity index is 2.20. The lowest BCUT2D eigenvalue weighted by atomic mass is 10.2. The summed E-state index contributed by atoms with van der Waals surface area (Å²) in [7, 11) is 0. The minimum atomic E-state index is 0.333. The first-order chi connectivity index (χ1) is 9.36. The second-order valence-electron chi connectivity index (χ2n) is 4.81. The van der Waals surface area contributed by atoms with Gasteiger partial charge in [-0.1, -0.05) is 31.9 Å². The molecule has 0 saturated carbocycles. The van der Waals surface area contributed by atoms with Crippen LogP contribution < -0.4 is 5.32 Å². The normalized spacial score (nSPS) is 10.8. The molecular weight excluding hydrogens is 254 g/mol. The van der Waals surface area contributed by atoms with Crippen LogP contribution in [0.1, 0.15) is 44.6 Å². The Hall–Kier alpha value is -0.510. The van der Waals surface area contributed by atoms with Crippen LogP contribution >= 0.6 is 11.8 Å². The van der Waals surface area contributed by atoms with E-state index in [0.29, 0.717) is 6.61 Å². The fourth-order valence-corrected chi connectivity index (χ4v) is 2.91. The van der Waals surface area contributed by atoms with Gasteiger partial charge in [-0.15, -0.1) is 11.8 Å². The summed E-state index contributed by atoms with van der Waals surface area (Å²) in [6.45, 7) is 4.58. The van der Waals surface area contributed by atoms with Gasteiger partial charge in [-0.2, -0.15) is 0 Å². The summed E-state index contributed by atoms with van der Waals surface area (Å²) in [4.78, 5) is 1.37. The number of thioether (sulfide) groups is 1. The molecule has 0 spiro atoms. The monoisotopic (exact) mass is 281 g/mol. The predicted molar refractivity (Wildman–Crippen MR) is 84.7 cm³/mol. The highest BCUT2D eigenvalue weighted by Crippen LogP contribution is 2.21. The molecule has 0 aromatic heterocycles. The highest BCUT2D eigenvalue weighted by molar-refractivity contribution is 7.99. The first-order valence-electron chi connectivity index (χ1n) is 7.40. The summed E-state index contributed by atoms with van der Waals surface area (Å²) < 4.78 is 0. The second kappa shape index (κ2) is 11.3. The molecule has 0 radical (unpaired) electrons. The van der Waals surface area contributed by atoms with Crippen LogP contribution in [0.15, 0.2) is 29.2 Å². The van der Waals surface area contributed by atoms with Crippen molar-refractivity contribution < 1.29 is 5.11 Å². The van der Waals surface area contributed by atoms with E-state index in [-0.39, 0.29) is 0 Å². The minimum Gasteiger partial charge on any atom is -0.396 e. The van der Waals surface area contributed by atoms with E-state index < -0.39 is 0 Å². The van der Waals surface area contributed by atoms with E-state index in [9.17, 15) is 0 Å². The maximum Gasteiger partial charge on any atom is 0.0431 e. The van der Waals surface area contributed by atoms with Gasteiger partial charge in [0.15, 0.2) is 0 Å². The summed E-state index contributed by atoms with van der Waals surface area (Å²) in [5, 5.41) is 12.1. The number of aliphatic hydroxyl groups excluding tert-OH is 1. The van der Waals surface area contributed by atoms with E-state index in [1.807, 2.05) is 11.8 Å². The third-order valence-corrected chi connectivity index (χ3v) is 4.06. The van der Waals surface area contributed by atoms with Gasteiger partial charge in [-0.05, 0) is 49.3 Å². The van der Waals surface area contributed by atoms with Gasteiger partial charge in [0.1, 0.15) is 0 Å². The average Bonchev–Trinajstić information content (AvgIpc) is 2.43. The van der Waals surface area contributed by atoms with Gasteiger partial charge in [-0.25, -0.2) is 0 Å². The molecule has 2 N–H and O–H groups in total. The van der Waals surface area contributed by atoms with Crippen LogP contribution in [0.5, 0.6) is 0 Å². The summed E-state index contributed by atoms with van der Waals surface area (Å²) in [5.41, 5.74) is 1.37. The average molecular weight is 281 g/mol. The Kier molecular flexibility index (Phi) is 9.86. The fraction of sp³-hybridized carbons (Fsp3) is 0.625. The van der Waals surface area contributed by atoms with E-state index in [1.165, 1.54) is 35.5 Å². The minimum absolute atomic E-state index is 0.333. The molecule has 0 atom stereocenters. The molecule has 1 aromatic carbocycles. The highest BCUT2D eigenvalue weighted by Gasteiger charge is 1.97. The lowest BCUT2D eigenvalue weighted by Gasteiger charge is -2.06. The van der Waals surface area contributed by atoms with Crippen molar-refractivity contribution in [3.8, 4) is 0 Å². The first kappa shape index (κ1) is 16.5. The number of unbranched alkanes of at least 4 members (excludes halogenated alkanes) is 3. The molecule has 0 heterocycles. The fourth-order valence-electron chi connectivity index (χ4n) is 1.91. The molecule has 1 aromatic rings. The number of aliphatic hydroxyl groups is 1. The van der Waals surface area contributed by atoms with Gasteiger partial charge in [-0.3, -0.25) is 0 Å². The molecule has 2 nitrogen and oxygen atoms in total. The Labute approximate surface area is 122 Å². The zero-order chi connectivity index (χ0) is 13.8. The topological polar surface area (TPSA) is 32.3 Å². The smallest absolute Gasteiger partial charge is 0.0431 e. The summed E-state index contributed by atoms with van der Waals surface area (Å²) in [6.07, 6.45) is 5.75. The summed E-state index contributed by atoms with van der Waals surface area (Å²) in [6, 6.07) is 8.83. The Bertz CT molecular complexity index is 330. The van der Waals surface area contributed by atoms with Crippen molar-refractivity contribution in [3.05, 3.63) is 29.8 Å². The molecule has 0 unspecified atom stereocenters. The third-order valence-electron chi connectivity index (χ3n) is 2.98. The largest absolute Gasteiger partial charge is 0.396 e. The first-order valence-corrected chi connectivity index (χ1v) is 8.38. The van der Waals surface area contributed by atoms with Crippen molar-refractivity contribution in [2.24, 2.45) is 0 Å². The van der Waals surface area contributed by atoms with Crippen molar-refractivity contribution >= 4 is 11.8 Å². The molecule has 0 aliphatic carbocycles. The molecule has 0 aliphatic rings. The maximum absolute atomic E-state index is 8.71. The SMILES string of the molecule is CCCNCc1cccc(SCCCCCCO)c1. The standard InChI is InChI=1S/C16H27NOS/c1-2-10-17-14-15-8-7-9-16(13-15)19-12-6-4-3-5-11-18/h7-9,13,17-18H,2-6,10-12,14H2,1H3. The van der Waals surface area contributed by atoms with Crippen LogP contribution in [0, 0.1) is 0 Å². The Morgan fingerprint density at radius 1 is 1.16 bits per heavy atom. The third kappa shape index (κ3) is 8.30. The van der Waals surface area contributed by atoms with E-state index in [0.717, 1.165) is 25.9 Å². The number of nitrogens with one attached hydrogen (secondary N) is 1. The number of benzene rings is 1. The molecule has 0 amide bonds. The molecule has 0 aliphatic heterocycles. The molecule has 19 heavy (non-hydrogen) atoms. The van der Waals surface area contributed by atoms with Crippen molar-refractivity contribution in [2.75, 3.05) is 18.9 Å². The van der Waals surface area contributed by atoms with Crippen molar-refractivity contribution in [3.63, 3.8) is 0 Å². The second-order valence-corrected chi connectivity index (χ2v) is 5.98. The van der Waals surface area contributed by atoms with Crippen LogP contribution in [-0.2, 0) is 6.54 Å². The zero-order valence-electron chi connectivity index (χ0n) is 12.0. The zero-order valence-corrected chi connectivity index (χ0v) is 12.8. The summed E-state index contributed by atoms with van der Waals surface area (Å²) >= 11 is 1.94. The quantitative estimate of drug-likeness (QED) is 0.477. The van der Waals surface area contributed by atoms with Crippen molar-refractivity contribution in [2.45, 2.75) is 50.5 Å². The van der Waals surface area contributed by atoms with E-state index >= 15 is 0 Å². The lowest BCUT2D eigenvalue weighted by molar-refractivity contribution is 0.283. The molecule has 0 fully saturated rings. The Morgan fingerprint density at radius 2 is 2.00 bits per heavy atom. The predicted octanol–water partition coefficient (Wildman–Crippen LogP) is 3.83. The van der Waals surface area contributed by atoms with Gasteiger partial charge in [0.05, 0.1) is 0 Å². The lowest BCUT2D eigenvalue weighted by Crippen LogP contribution is -2.13. The van der Waals surface area contributed by atoms with Crippen LogP contribution in [0.2, 0.25) is 0 Å². The van der Waals surface area contributed by atoms with Gasteiger partial charge < -0.3 is 10.4 Å². The molecule has 3 heteroatoms. The van der Waals surface area contributed by atoms with Crippen molar-refractivity contribution in [1.29, 1.82) is 0 Å². The molecular formula is C16H27NOS. The number of hydrogen-bond acceptors (Lipinski definition) is 3. The van der Waals surface area contributed by atoms with Gasteiger partial charge in [0, 0.05) is 18.0 Å². The van der Waals surface area contributed by atoms with Crippen molar-refractivity contribution in [1.82, 2.24) is 5.32 Å². The summed E-state index contributed by atoms with van der Waals surface area (Å²) in [5.74, 6) is 1.18. The van der Waals surface area contributed by atoms with E-state index in [1.54, 1.807) is 0 Å². The van der Waals surface area contributed by atoms with E-state index in [4.69, 9.17) is 5.11 Å². The van der Waals surface area contributed by atoms with Gasteiger partial charge in [0.25, 0.3) is 0 Å². The molecule has 1 rings (SSSR count). The van der Waals surface area contributed by atoms with E-state index in [2.05, 4.69) is 36.5 Å². The van der Waals surface area contributed by atoms with Crippen LogP contribution in [0.4, 0.5) is 0 Å². The molecule has 0 bridgehead atoms. The highest BCUT2D eigenvalue weighted by atomic mass is 32.2. The number of hydrogen-bond donors (Lipinski definition) is 2. The van der Waals surface area contributed by atoms with Crippen LogP contribution in [0.25, 0.3) is 0 Å². The van der Waals surface area contributed by atoms with Gasteiger partial charge in [0.2, 0.25) is 0 Å². The number of rotatable bonds is 11. The molecule has 108 valence electrons. The van der Waals surface area contributed by atoms with Gasteiger partial charge >= 0.3 is 0 Å². The maximum atomic E-state index is 8.71.